The number of fused-ring (bicyclic) bond motifs is 1. The minimum atomic E-state index is 0.454. The van der Waals surface area contributed by atoms with Crippen LogP contribution in [0.5, 0.6) is 0 Å². The Morgan fingerprint density at radius 2 is 2.12 bits per heavy atom. The van der Waals surface area contributed by atoms with Crippen LogP contribution >= 0.6 is 0 Å². The van der Waals surface area contributed by atoms with Gasteiger partial charge in [0, 0.05) is 6.61 Å². The third-order valence-electron chi connectivity index (χ3n) is 3.72. The van der Waals surface area contributed by atoms with Crippen LogP contribution in [0.3, 0.4) is 0 Å². The number of rotatable bonds is 1. The van der Waals surface area contributed by atoms with E-state index in [1.54, 1.807) is 0 Å². The molecule has 1 aromatic heterocycles. The van der Waals surface area contributed by atoms with E-state index in [4.69, 9.17) is 4.74 Å². The maximum absolute atomic E-state index is 5.56. The van der Waals surface area contributed by atoms with Gasteiger partial charge in [0.15, 0.2) is 0 Å². The summed E-state index contributed by atoms with van der Waals surface area (Å²) in [5, 5.41) is 0. The van der Waals surface area contributed by atoms with Gasteiger partial charge in [0.2, 0.25) is 0 Å². The highest BCUT2D eigenvalue weighted by atomic mass is 16.5. The van der Waals surface area contributed by atoms with Crippen molar-refractivity contribution in [2.75, 3.05) is 13.2 Å². The topological polar surface area (TPSA) is 27.1 Å². The molecule has 1 aliphatic heterocycles. The molecule has 3 heteroatoms. The number of hydrogen-bond donors (Lipinski definition) is 0. The predicted octanol–water partition coefficient (Wildman–Crippen LogP) is 3.00. The van der Waals surface area contributed by atoms with Crippen molar-refractivity contribution in [1.82, 2.24) is 9.55 Å². The molecule has 2 heterocycles. The van der Waals surface area contributed by atoms with Crippen molar-refractivity contribution in [3.63, 3.8) is 0 Å². The Bertz CT molecular complexity index is 538. The Balaban J connectivity index is 2.07. The molecule has 17 heavy (non-hydrogen) atoms. The number of nitrogens with zero attached hydrogens (tertiary/aromatic N) is 2. The minimum absolute atomic E-state index is 0.454. The molecule has 0 amide bonds. The van der Waals surface area contributed by atoms with Gasteiger partial charge in [-0.05, 0) is 49.9 Å². The molecule has 2 aromatic rings. The van der Waals surface area contributed by atoms with E-state index in [2.05, 4.69) is 35.5 Å². The second-order valence-corrected chi connectivity index (χ2v) is 4.95. The summed E-state index contributed by atoms with van der Waals surface area (Å²) >= 11 is 0. The fourth-order valence-electron chi connectivity index (χ4n) is 2.52. The molecule has 3 rings (SSSR count). The molecule has 1 fully saturated rings. The summed E-state index contributed by atoms with van der Waals surface area (Å²) in [5.41, 5.74) is 4.97. The van der Waals surface area contributed by atoms with Crippen LogP contribution in [-0.2, 0) is 4.74 Å². The predicted molar refractivity (Wildman–Crippen MR) is 68.3 cm³/mol. The van der Waals surface area contributed by atoms with Gasteiger partial charge in [0.1, 0.15) is 0 Å². The zero-order valence-corrected chi connectivity index (χ0v) is 10.4. The van der Waals surface area contributed by atoms with Gasteiger partial charge in [-0.25, -0.2) is 4.98 Å². The molecule has 1 saturated heterocycles. The molecule has 0 spiro atoms. The molecule has 1 aromatic carbocycles. The quantitative estimate of drug-likeness (QED) is 0.753. The van der Waals surface area contributed by atoms with Crippen LogP contribution in [-0.4, -0.2) is 22.8 Å². The number of ether oxygens (including phenoxy) is 1. The monoisotopic (exact) mass is 230 g/mol. The number of benzene rings is 1. The summed E-state index contributed by atoms with van der Waals surface area (Å²) in [7, 11) is 0. The highest BCUT2D eigenvalue weighted by molar-refractivity contribution is 5.77. The maximum Gasteiger partial charge on any atom is 0.0961 e. The molecular weight excluding hydrogens is 212 g/mol. The lowest BCUT2D eigenvalue weighted by Gasteiger charge is -2.24. The Morgan fingerprint density at radius 1 is 1.29 bits per heavy atom. The fourth-order valence-corrected chi connectivity index (χ4v) is 2.52. The Hall–Kier alpha value is -1.35. The van der Waals surface area contributed by atoms with Gasteiger partial charge in [-0.3, -0.25) is 0 Å². The van der Waals surface area contributed by atoms with Crippen molar-refractivity contribution in [3.05, 3.63) is 29.6 Å². The summed E-state index contributed by atoms with van der Waals surface area (Å²) in [6.45, 7) is 6.01. The standard InChI is InChI=1S/C14H18N2O/c1-10-6-13-14(7-11(10)2)16(9-15-13)12-4-3-5-17-8-12/h6-7,9,12H,3-5,8H2,1-2H3. The number of aryl methyl sites for hydroxylation is 2. The van der Waals surface area contributed by atoms with Crippen molar-refractivity contribution >= 4 is 11.0 Å². The first-order valence-electron chi connectivity index (χ1n) is 6.27. The van der Waals surface area contributed by atoms with Crippen LogP contribution in [0.25, 0.3) is 11.0 Å². The van der Waals surface area contributed by atoms with E-state index >= 15 is 0 Å². The zero-order chi connectivity index (χ0) is 11.8. The third kappa shape index (κ3) is 1.84. The lowest BCUT2D eigenvalue weighted by atomic mass is 10.1. The van der Waals surface area contributed by atoms with Crippen molar-refractivity contribution in [2.45, 2.75) is 32.7 Å². The maximum atomic E-state index is 5.56. The number of aromatic nitrogens is 2. The van der Waals surface area contributed by atoms with E-state index in [0.717, 1.165) is 25.2 Å². The van der Waals surface area contributed by atoms with Crippen molar-refractivity contribution < 1.29 is 4.74 Å². The Morgan fingerprint density at radius 3 is 2.88 bits per heavy atom. The van der Waals surface area contributed by atoms with Crippen molar-refractivity contribution in [2.24, 2.45) is 0 Å². The summed E-state index contributed by atoms with van der Waals surface area (Å²) in [5.74, 6) is 0. The van der Waals surface area contributed by atoms with Crippen LogP contribution in [0.4, 0.5) is 0 Å². The van der Waals surface area contributed by atoms with Crippen molar-refractivity contribution in [3.8, 4) is 0 Å². The summed E-state index contributed by atoms with van der Waals surface area (Å²) in [4.78, 5) is 4.50. The van der Waals surface area contributed by atoms with Crippen LogP contribution in [0.1, 0.15) is 30.0 Å². The molecule has 1 unspecified atom stereocenters. The second-order valence-electron chi connectivity index (χ2n) is 4.95. The first-order chi connectivity index (χ1) is 8.25. The average Bonchev–Trinajstić information content (AvgIpc) is 2.74. The summed E-state index contributed by atoms with van der Waals surface area (Å²) < 4.78 is 7.84. The van der Waals surface area contributed by atoms with Gasteiger partial charge in [-0.1, -0.05) is 0 Å². The molecule has 0 bridgehead atoms. The van der Waals surface area contributed by atoms with E-state index in [0.29, 0.717) is 6.04 Å². The van der Waals surface area contributed by atoms with Gasteiger partial charge >= 0.3 is 0 Å². The molecule has 3 nitrogen and oxygen atoms in total. The van der Waals surface area contributed by atoms with Gasteiger partial charge in [0.05, 0.1) is 30.0 Å². The molecular formula is C14H18N2O. The first-order valence-corrected chi connectivity index (χ1v) is 6.27. The van der Waals surface area contributed by atoms with E-state index in [-0.39, 0.29) is 0 Å². The molecule has 1 atom stereocenters. The van der Waals surface area contributed by atoms with Crippen LogP contribution < -0.4 is 0 Å². The lowest BCUT2D eigenvalue weighted by Crippen LogP contribution is -2.20. The van der Waals surface area contributed by atoms with E-state index in [1.807, 2.05) is 6.33 Å². The van der Waals surface area contributed by atoms with Gasteiger partial charge in [0.25, 0.3) is 0 Å². The molecule has 0 aliphatic carbocycles. The largest absolute Gasteiger partial charge is 0.379 e. The minimum Gasteiger partial charge on any atom is -0.379 e. The average molecular weight is 230 g/mol. The van der Waals surface area contributed by atoms with E-state index in [9.17, 15) is 0 Å². The molecule has 0 saturated carbocycles. The van der Waals surface area contributed by atoms with Crippen molar-refractivity contribution in [1.29, 1.82) is 0 Å². The van der Waals surface area contributed by atoms with E-state index in [1.165, 1.54) is 23.1 Å². The zero-order valence-electron chi connectivity index (χ0n) is 10.4. The first kappa shape index (κ1) is 10.8. The molecule has 0 radical (unpaired) electrons. The Kier molecular flexibility index (Phi) is 2.63. The van der Waals surface area contributed by atoms with Crippen LogP contribution in [0, 0.1) is 13.8 Å². The van der Waals surface area contributed by atoms with Gasteiger partial charge in [-0.15, -0.1) is 0 Å². The molecule has 90 valence electrons. The normalized spacial score (nSPS) is 20.9. The Labute approximate surface area is 101 Å². The number of imidazole rings is 1. The van der Waals surface area contributed by atoms with E-state index < -0.39 is 0 Å². The highest BCUT2D eigenvalue weighted by Crippen LogP contribution is 2.26. The van der Waals surface area contributed by atoms with Gasteiger partial charge < -0.3 is 9.30 Å². The second kappa shape index (κ2) is 4.15. The SMILES string of the molecule is Cc1cc2ncn(C3CCCOC3)c2cc1C. The lowest BCUT2D eigenvalue weighted by molar-refractivity contribution is 0.0604. The molecule has 0 N–H and O–H groups in total. The highest BCUT2D eigenvalue weighted by Gasteiger charge is 2.17. The summed E-state index contributed by atoms with van der Waals surface area (Å²) in [6.07, 6.45) is 4.30. The molecule has 1 aliphatic rings. The number of hydrogen-bond acceptors (Lipinski definition) is 2. The third-order valence-corrected chi connectivity index (χ3v) is 3.72. The fraction of sp³-hybridized carbons (Fsp3) is 0.500. The summed E-state index contributed by atoms with van der Waals surface area (Å²) in [6, 6.07) is 4.87. The van der Waals surface area contributed by atoms with Gasteiger partial charge in [-0.2, -0.15) is 0 Å². The van der Waals surface area contributed by atoms with Crippen LogP contribution in [0.2, 0.25) is 0 Å². The van der Waals surface area contributed by atoms with Crippen LogP contribution in [0.15, 0.2) is 18.5 Å². The smallest absolute Gasteiger partial charge is 0.0961 e.